The molecule has 0 aliphatic rings. The van der Waals surface area contributed by atoms with Gasteiger partial charge in [-0.3, -0.25) is 0 Å². The van der Waals surface area contributed by atoms with Gasteiger partial charge in [-0.1, -0.05) is 11.6 Å². The minimum Gasteiger partial charge on any atom is -0.491 e. The summed E-state index contributed by atoms with van der Waals surface area (Å²) in [5, 5.41) is 13.4. The lowest BCUT2D eigenvalue weighted by Gasteiger charge is -2.11. The van der Waals surface area contributed by atoms with Crippen molar-refractivity contribution >= 4 is 22.9 Å². The molecule has 0 amide bonds. The second kappa shape index (κ2) is 6.18. The summed E-state index contributed by atoms with van der Waals surface area (Å²) in [7, 11) is 0. The summed E-state index contributed by atoms with van der Waals surface area (Å²) in [6.07, 6.45) is -0.0299. The summed E-state index contributed by atoms with van der Waals surface area (Å²) in [6.45, 7) is 2.19. The highest BCUT2D eigenvalue weighted by Crippen LogP contribution is 2.16. The number of aromatic nitrogens is 1. The molecule has 0 aliphatic heterocycles. The molecule has 0 radical (unpaired) electrons. The number of ether oxygens (including phenoxy) is 1. The number of thiazole rings is 1. The Labute approximate surface area is 115 Å². The molecule has 1 N–H and O–H groups in total. The predicted octanol–water partition coefficient (Wildman–Crippen LogP) is 3.09. The first-order chi connectivity index (χ1) is 8.63. The zero-order valence-electron chi connectivity index (χ0n) is 9.97. The van der Waals surface area contributed by atoms with Crippen molar-refractivity contribution in [2.75, 3.05) is 6.61 Å². The van der Waals surface area contributed by atoms with Crippen molar-refractivity contribution in [3.63, 3.8) is 0 Å². The molecule has 0 aliphatic carbocycles. The van der Waals surface area contributed by atoms with Crippen LogP contribution in [0.5, 0.6) is 5.75 Å². The van der Waals surface area contributed by atoms with Crippen LogP contribution in [-0.2, 0) is 6.42 Å². The first kappa shape index (κ1) is 13.3. The van der Waals surface area contributed by atoms with Crippen LogP contribution >= 0.6 is 22.9 Å². The molecular formula is C13H14ClNO2S. The quantitative estimate of drug-likeness (QED) is 0.917. The van der Waals surface area contributed by atoms with Gasteiger partial charge in [0.1, 0.15) is 12.4 Å². The van der Waals surface area contributed by atoms with E-state index in [1.165, 1.54) is 0 Å². The minimum absolute atomic E-state index is 0.250. The van der Waals surface area contributed by atoms with Crippen LogP contribution in [0.4, 0.5) is 0 Å². The third-order valence-corrected chi connectivity index (χ3v) is 3.57. The van der Waals surface area contributed by atoms with Crippen molar-refractivity contribution in [2.45, 2.75) is 19.4 Å². The van der Waals surface area contributed by atoms with Gasteiger partial charge in [0, 0.05) is 22.5 Å². The van der Waals surface area contributed by atoms with Gasteiger partial charge in [0.2, 0.25) is 0 Å². The summed E-state index contributed by atoms with van der Waals surface area (Å²) in [6, 6.07) is 7.08. The molecule has 0 spiro atoms. The van der Waals surface area contributed by atoms with Crippen LogP contribution in [0.3, 0.4) is 0 Å². The number of hydrogen-bond acceptors (Lipinski definition) is 4. The molecule has 2 aromatic rings. The van der Waals surface area contributed by atoms with Crippen LogP contribution in [0, 0.1) is 6.92 Å². The molecule has 0 bridgehead atoms. The Morgan fingerprint density at radius 2 is 2.11 bits per heavy atom. The molecular weight excluding hydrogens is 270 g/mol. The highest BCUT2D eigenvalue weighted by Gasteiger charge is 2.09. The molecule has 1 aromatic heterocycles. The lowest BCUT2D eigenvalue weighted by Crippen LogP contribution is -2.20. The number of aliphatic hydroxyl groups excluding tert-OH is 1. The van der Waals surface area contributed by atoms with E-state index in [9.17, 15) is 5.11 Å². The monoisotopic (exact) mass is 283 g/mol. The number of benzene rings is 1. The number of nitrogens with zero attached hydrogens (tertiary/aromatic N) is 1. The van der Waals surface area contributed by atoms with Crippen molar-refractivity contribution in [3.8, 4) is 5.75 Å². The predicted molar refractivity (Wildman–Crippen MR) is 73.5 cm³/mol. The maximum Gasteiger partial charge on any atom is 0.119 e. The largest absolute Gasteiger partial charge is 0.491 e. The fourth-order valence-corrected chi connectivity index (χ4v) is 2.45. The van der Waals surface area contributed by atoms with E-state index in [0.29, 0.717) is 17.2 Å². The summed E-state index contributed by atoms with van der Waals surface area (Å²) in [4.78, 5) is 4.30. The van der Waals surface area contributed by atoms with E-state index in [4.69, 9.17) is 16.3 Å². The van der Waals surface area contributed by atoms with Crippen molar-refractivity contribution in [2.24, 2.45) is 0 Å². The maximum atomic E-state index is 9.84. The SMILES string of the molecule is Cc1csc(CC(O)COc2ccc(Cl)cc2)n1. The Kier molecular flexibility index (Phi) is 4.58. The normalized spacial score (nSPS) is 12.4. The van der Waals surface area contributed by atoms with E-state index in [1.54, 1.807) is 35.6 Å². The number of halogens is 1. The Hall–Kier alpha value is -1.10. The van der Waals surface area contributed by atoms with Crippen LogP contribution in [0.2, 0.25) is 5.02 Å². The second-order valence-electron chi connectivity index (χ2n) is 4.01. The molecule has 0 saturated carbocycles. The van der Waals surface area contributed by atoms with E-state index in [2.05, 4.69) is 4.98 Å². The molecule has 3 nitrogen and oxygen atoms in total. The van der Waals surface area contributed by atoms with Gasteiger partial charge >= 0.3 is 0 Å². The molecule has 2 rings (SSSR count). The van der Waals surface area contributed by atoms with Gasteiger partial charge in [0.15, 0.2) is 0 Å². The standard InChI is InChI=1S/C13H14ClNO2S/c1-9-8-18-13(15-9)6-11(16)7-17-12-4-2-10(14)3-5-12/h2-5,8,11,16H,6-7H2,1H3. The average molecular weight is 284 g/mol. The smallest absolute Gasteiger partial charge is 0.119 e. The van der Waals surface area contributed by atoms with Crippen molar-refractivity contribution in [1.29, 1.82) is 0 Å². The topological polar surface area (TPSA) is 42.4 Å². The van der Waals surface area contributed by atoms with Crippen LogP contribution in [-0.4, -0.2) is 22.8 Å². The van der Waals surface area contributed by atoms with E-state index in [1.807, 2.05) is 12.3 Å². The van der Waals surface area contributed by atoms with Gasteiger partial charge in [-0.25, -0.2) is 4.98 Å². The fourth-order valence-electron chi connectivity index (χ4n) is 1.48. The van der Waals surface area contributed by atoms with Gasteiger partial charge in [-0.15, -0.1) is 11.3 Å². The third kappa shape index (κ3) is 3.98. The molecule has 1 atom stereocenters. The summed E-state index contributed by atoms with van der Waals surface area (Å²) in [5.74, 6) is 0.703. The van der Waals surface area contributed by atoms with Crippen LogP contribution < -0.4 is 4.74 Å². The number of hydrogen-bond donors (Lipinski definition) is 1. The van der Waals surface area contributed by atoms with E-state index < -0.39 is 6.10 Å². The maximum absolute atomic E-state index is 9.84. The molecule has 96 valence electrons. The fraction of sp³-hybridized carbons (Fsp3) is 0.308. The number of rotatable bonds is 5. The molecule has 1 heterocycles. The lowest BCUT2D eigenvalue weighted by molar-refractivity contribution is 0.107. The van der Waals surface area contributed by atoms with Gasteiger partial charge in [-0.05, 0) is 31.2 Å². The van der Waals surface area contributed by atoms with Gasteiger partial charge in [0.25, 0.3) is 0 Å². The summed E-state index contributed by atoms with van der Waals surface area (Å²) in [5.41, 5.74) is 0.987. The van der Waals surface area contributed by atoms with Crippen LogP contribution in [0.1, 0.15) is 10.7 Å². The lowest BCUT2D eigenvalue weighted by atomic mass is 10.3. The second-order valence-corrected chi connectivity index (χ2v) is 5.38. The molecule has 5 heteroatoms. The minimum atomic E-state index is -0.550. The number of aryl methyl sites for hydroxylation is 1. The Balaban J connectivity index is 1.81. The Bertz CT molecular complexity index is 498. The van der Waals surface area contributed by atoms with Crippen molar-refractivity contribution in [1.82, 2.24) is 4.98 Å². The first-order valence-electron chi connectivity index (χ1n) is 5.61. The highest BCUT2D eigenvalue weighted by molar-refractivity contribution is 7.09. The van der Waals surface area contributed by atoms with Crippen LogP contribution in [0.25, 0.3) is 0 Å². The molecule has 1 aromatic carbocycles. The van der Waals surface area contributed by atoms with Gasteiger partial charge in [-0.2, -0.15) is 0 Å². The zero-order valence-corrected chi connectivity index (χ0v) is 11.5. The highest BCUT2D eigenvalue weighted by atomic mass is 35.5. The van der Waals surface area contributed by atoms with Crippen molar-refractivity contribution < 1.29 is 9.84 Å². The van der Waals surface area contributed by atoms with E-state index >= 15 is 0 Å². The van der Waals surface area contributed by atoms with Gasteiger partial charge < -0.3 is 9.84 Å². The number of aliphatic hydroxyl groups is 1. The van der Waals surface area contributed by atoms with Crippen molar-refractivity contribution in [3.05, 3.63) is 45.4 Å². The average Bonchev–Trinajstić information content (AvgIpc) is 2.74. The molecule has 18 heavy (non-hydrogen) atoms. The van der Waals surface area contributed by atoms with E-state index in [-0.39, 0.29) is 6.61 Å². The first-order valence-corrected chi connectivity index (χ1v) is 6.86. The molecule has 0 fully saturated rings. The van der Waals surface area contributed by atoms with Gasteiger partial charge in [0.05, 0.1) is 11.1 Å². The third-order valence-electron chi connectivity index (χ3n) is 2.33. The Morgan fingerprint density at radius 1 is 1.39 bits per heavy atom. The summed E-state index contributed by atoms with van der Waals surface area (Å²) >= 11 is 7.33. The van der Waals surface area contributed by atoms with Crippen LogP contribution in [0.15, 0.2) is 29.6 Å². The molecule has 1 unspecified atom stereocenters. The van der Waals surface area contributed by atoms with E-state index in [0.717, 1.165) is 10.7 Å². The molecule has 0 saturated heterocycles. The summed E-state index contributed by atoms with van der Waals surface area (Å²) < 4.78 is 5.47. The Morgan fingerprint density at radius 3 is 2.72 bits per heavy atom. The zero-order chi connectivity index (χ0) is 13.0.